The molecule has 0 spiro atoms. The van der Waals surface area contributed by atoms with E-state index in [1.807, 2.05) is 6.07 Å². The zero-order valence-electron chi connectivity index (χ0n) is 5.65. The van der Waals surface area contributed by atoms with Crippen molar-refractivity contribution in [3.63, 3.8) is 0 Å². The predicted octanol–water partition coefficient (Wildman–Crippen LogP) is 1.66. The van der Waals surface area contributed by atoms with Gasteiger partial charge in [0.2, 0.25) is 0 Å². The standard InChI is InChI=1S/C7H8NO2/c1-10-8(9)7-5-3-2-4-6-7/h2-6H,1H3/q+1. The van der Waals surface area contributed by atoms with Crippen LogP contribution < -0.4 is 0 Å². The van der Waals surface area contributed by atoms with Crippen molar-refractivity contribution in [3.8, 4) is 0 Å². The molecule has 0 unspecified atom stereocenters. The van der Waals surface area contributed by atoms with Gasteiger partial charge in [-0.1, -0.05) is 18.2 Å². The summed E-state index contributed by atoms with van der Waals surface area (Å²) >= 11 is 0. The SMILES string of the molecule is CO[N+](=O)c1ccccc1. The fraction of sp³-hybridized carbons (Fsp3) is 0.143. The molecule has 0 aliphatic heterocycles. The van der Waals surface area contributed by atoms with Gasteiger partial charge in [0.1, 0.15) is 0 Å². The molecule has 0 aliphatic rings. The normalized spacial score (nSPS) is 8.90. The average Bonchev–Trinajstić information content (AvgIpc) is 2.05. The first-order valence-electron chi connectivity index (χ1n) is 2.91. The van der Waals surface area contributed by atoms with Crippen LogP contribution in [0.5, 0.6) is 0 Å². The van der Waals surface area contributed by atoms with Crippen LogP contribution in [-0.4, -0.2) is 12.0 Å². The van der Waals surface area contributed by atoms with Crippen LogP contribution in [0, 0.1) is 4.91 Å². The van der Waals surface area contributed by atoms with Crippen LogP contribution in [0.1, 0.15) is 0 Å². The van der Waals surface area contributed by atoms with Gasteiger partial charge in [0.05, 0.1) is 4.91 Å². The van der Waals surface area contributed by atoms with E-state index >= 15 is 0 Å². The third-order valence-corrected chi connectivity index (χ3v) is 1.13. The lowest BCUT2D eigenvalue weighted by Gasteiger charge is -1.84. The highest BCUT2D eigenvalue weighted by Crippen LogP contribution is 2.08. The minimum absolute atomic E-state index is 0.458. The van der Waals surface area contributed by atoms with E-state index in [-0.39, 0.29) is 0 Å². The van der Waals surface area contributed by atoms with E-state index in [9.17, 15) is 4.91 Å². The summed E-state index contributed by atoms with van der Waals surface area (Å²) in [6.07, 6.45) is 0. The molecule has 1 rings (SSSR count). The van der Waals surface area contributed by atoms with Crippen LogP contribution in [0.2, 0.25) is 0 Å². The van der Waals surface area contributed by atoms with Gasteiger partial charge in [-0.3, -0.25) is 0 Å². The minimum Gasteiger partial charge on any atom is -0.230 e. The van der Waals surface area contributed by atoms with Crippen molar-refractivity contribution in [2.45, 2.75) is 0 Å². The van der Waals surface area contributed by atoms with Crippen molar-refractivity contribution in [1.82, 2.24) is 0 Å². The molecule has 0 bridgehead atoms. The molecule has 10 heavy (non-hydrogen) atoms. The highest BCUT2D eigenvalue weighted by molar-refractivity contribution is 5.27. The third kappa shape index (κ3) is 1.31. The Bertz CT molecular complexity index is 220. The molecule has 1 aromatic carbocycles. The molecule has 0 radical (unpaired) electrons. The summed E-state index contributed by atoms with van der Waals surface area (Å²) in [4.78, 5) is 15.6. The van der Waals surface area contributed by atoms with Crippen molar-refractivity contribution in [2.75, 3.05) is 7.11 Å². The Morgan fingerprint density at radius 1 is 1.30 bits per heavy atom. The van der Waals surface area contributed by atoms with Gasteiger partial charge in [0, 0.05) is 12.1 Å². The van der Waals surface area contributed by atoms with Crippen LogP contribution in [0.3, 0.4) is 0 Å². The first-order valence-corrected chi connectivity index (χ1v) is 2.91. The quantitative estimate of drug-likeness (QED) is 0.581. The van der Waals surface area contributed by atoms with E-state index in [0.717, 1.165) is 0 Å². The van der Waals surface area contributed by atoms with E-state index in [4.69, 9.17) is 0 Å². The largest absolute Gasteiger partial charge is 0.316 e. The highest BCUT2D eigenvalue weighted by Gasteiger charge is 2.10. The Morgan fingerprint density at radius 3 is 2.40 bits per heavy atom. The van der Waals surface area contributed by atoms with Crippen LogP contribution in [-0.2, 0) is 4.84 Å². The number of nitrogens with zero attached hydrogens (tertiary/aromatic N) is 1. The van der Waals surface area contributed by atoms with Crippen LogP contribution in [0.25, 0.3) is 0 Å². The fourth-order valence-electron chi connectivity index (χ4n) is 0.655. The van der Waals surface area contributed by atoms with Crippen LogP contribution >= 0.6 is 0 Å². The molecule has 0 heterocycles. The third-order valence-electron chi connectivity index (χ3n) is 1.13. The zero-order valence-corrected chi connectivity index (χ0v) is 5.65. The Kier molecular flexibility index (Phi) is 1.99. The van der Waals surface area contributed by atoms with Crippen molar-refractivity contribution in [2.24, 2.45) is 0 Å². The molecule has 0 amide bonds. The van der Waals surface area contributed by atoms with E-state index in [0.29, 0.717) is 10.6 Å². The minimum atomic E-state index is 0.458. The van der Waals surface area contributed by atoms with Gasteiger partial charge in [-0.25, -0.2) is 4.84 Å². The summed E-state index contributed by atoms with van der Waals surface area (Å²) in [5.41, 5.74) is 0.505. The van der Waals surface area contributed by atoms with Gasteiger partial charge >= 0.3 is 5.69 Å². The van der Waals surface area contributed by atoms with Gasteiger partial charge in [-0.15, -0.1) is 0 Å². The number of hydrogen-bond donors (Lipinski definition) is 0. The predicted molar refractivity (Wildman–Crippen MR) is 36.7 cm³/mol. The second-order valence-electron chi connectivity index (χ2n) is 1.78. The number of benzene rings is 1. The molecule has 1 aromatic rings. The second-order valence-corrected chi connectivity index (χ2v) is 1.78. The maximum atomic E-state index is 10.7. The summed E-state index contributed by atoms with van der Waals surface area (Å²) in [6, 6.07) is 8.75. The zero-order chi connectivity index (χ0) is 7.40. The maximum absolute atomic E-state index is 10.7. The van der Waals surface area contributed by atoms with Crippen molar-refractivity contribution >= 4 is 5.69 Å². The Morgan fingerprint density at radius 2 is 1.90 bits per heavy atom. The molecule has 0 saturated carbocycles. The smallest absolute Gasteiger partial charge is 0.230 e. The summed E-state index contributed by atoms with van der Waals surface area (Å²) in [5.74, 6) is 0. The van der Waals surface area contributed by atoms with Gasteiger partial charge in [0.15, 0.2) is 7.11 Å². The number of hydrogen-bond acceptors (Lipinski definition) is 2. The first-order chi connectivity index (χ1) is 4.84. The molecular weight excluding hydrogens is 130 g/mol. The van der Waals surface area contributed by atoms with Crippen molar-refractivity contribution < 1.29 is 9.76 Å². The topological polar surface area (TPSA) is 29.3 Å². The van der Waals surface area contributed by atoms with Crippen molar-refractivity contribution in [3.05, 3.63) is 35.2 Å². The Hall–Kier alpha value is -1.38. The average molecular weight is 138 g/mol. The van der Waals surface area contributed by atoms with E-state index in [2.05, 4.69) is 4.84 Å². The summed E-state index contributed by atoms with van der Waals surface area (Å²) in [5, 5.41) is 0. The molecular formula is C7H8NO2+. The molecule has 0 saturated heterocycles. The second kappa shape index (κ2) is 2.96. The molecule has 0 fully saturated rings. The van der Waals surface area contributed by atoms with Gasteiger partial charge < -0.3 is 0 Å². The first kappa shape index (κ1) is 6.74. The van der Waals surface area contributed by atoms with Gasteiger partial charge in [0.25, 0.3) is 4.92 Å². The molecule has 3 nitrogen and oxygen atoms in total. The lowest BCUT2D eigenvalue weighted by atomic mass is 10.3. The monoisotopic (exact) mass is 138 g/mol. The lowest BCUT2D eigenvalue weighted by molar-refractivity contribution is -0.736. The maximum Gasteiger partial charge on any atom is 0.316 e. The Balaban J connectivity index is 2.85. The van der Waals surface area contributed by atoms with Crippen LogP contribution in [0.4, 0.5) is 5.69 Å². The summed E-state index contributed by atoms with van der Waals surface area (Å²) < 4.78 is 0. The Labute approximate surface area is 58.8 Å². The van der Waals surface area contributed by atoms with E-state index in [1.54, 1.807) is 24.3 Å². The molecule has 0 N–H and O–H groups in total. The summed E-state index contributed by atoms with van der Waals surface area (Å²) in [6.45, 7) is 0. The van der Waals surface area contributed by atoms with Gasteiger partial charge in [-0.05, 0) is 0 Å². The molecule has 3 heteroatoms. The number of rotatable bonds is 2. The van der Waals surface area contributed by atoms with E-state index < -0.39 is 0 Å². The fourth-order valence-corrected chi connectivity index (χ4v) is 0.655. The lowest BCUT2D eigenvalue weighted by Crippen LogP contribution is -1.96. The summed E-state index contributed by atoms with van der Waals surface area (Å²) in [7, 11) is 1.33. The highest BCUT2D eigenvalue weighted by atomic mass is 16.8. The van der Waals surface area contributed by atoms with Crippen LogP contribution in [0.15, 0.2) is 30.3 Å². The molecule has 0 atom stereocenters. The molecule has 0 aliphatic carbocycles. The van der Waals surface area contributed by atoms with Gasteiger partial charge in [-0.2, -0.15) is 0 Å². The van der Waals surface area contributed by atoms with Crippen molar-refractivity contribution in [1.29, 1.82) is 0 Å². The molecule has 0 aromatic heterocycles. The molecule has 52 valence electrons. The van der Waals surface area contributed by atoms with E-state index in [1.165, 1.54) is 7.11 Å². The number of para-hydroxylation sites is 1.